The maximum atomic E-state index is 15.3. The molecule has 2 fully saturated rings. The third kappa shape index (κ3) is 6.34. The van der Waals surface area contributed by atoms with E-state index in [4.69, 9.17) is 21.1 Å². The molecule has 4 aliphatic rings. The van der Waals surface area contributed by atoms with Gasteiger partial charge in [-0.25, -0.2) is 0 Å². The first kappa shape index (κ1) is 37.3. The number of aryl methyl sites for hydroxylation is 1. The molecular weight excluding hydrogens is 738 g/mol. The monoisotopic (exact) mass is 781 g/mol. The normalized spacial score (nSPS) is 31.8. The van der Waals surface area contributed by atoms with Crippen molar-refractivity contribution in [3.63, 3.8) is 0 Å². The quantitative estimate of drug-likeness (QED) is 0.294. The molecule has 4 aliphatic heterocycles. The van der Waals surface area contributed by atoms with E-state index in [0.29, 0.717) is 33.6 Å². The van der Waals surface area contributed by atoms with Gasteiger partial charge in [0, 0.05) is 24.5 Å². The minimum Gasteiger partial charge on any atom is -0.455 e. The Morgan fingerprint density at radius 2 is 1.76 bits per heavy atom. The number of aliphatic hydroxyl groups excluding tert-OH is 1. The van der Waals surface area contributed by atoms with Crippen LogP contribution in [0.5, 0.6) is 0 Å². The van der Waals surface area contributed by atoms with Crippen LogP contribution in [0.4, 0.5) is 5.69 Å². The van der Waals surface area contributed by atoms with E-state index in [1.807, 2.05) is 76.2 Å². The van der Waals surface area contributed by atoms with Crippen molar-refractivity contribution in [1.82, 2.24) is 9.80 Å². The summed E-state index contributed by atoms with van der Waals surface area (Å²) in [5, 5.41) is 11.2. The minimum atomic E-state index is -1.55. The molecular formula is C39H45BrClN3O7. The van der Waals surface area contributed by atoms with Gasteiger partial charge in [0.1, 0.15) is 29.8 Å². The first-order valence-electron chi connectivity index (χ1n) is 17.6. The number of esters is 1. The van der Waals surface area contributed by atoms with Crippen LogP contribution in [0.1, 0.15) is 57.3 Å². The summed E-state index contributed by atoms with van der Waals surface area (Å²) in [6.07, 6.45) is 4.91. The second kappa shape index (κ2) is 14.8. The SMILES string of the molecule is CC[C@H](C)[C@H](CO)N1C(=O)[C@H]2[C@@H]3C(=O)O[C@H](c4ccccc4)[C@@H](C)N(C)C(=O)CC/C=C\CN(c4c(C)cccc4Cl)C(=O)[C@H]1[C@@]21C=C(Br)[C@@H]3O1. The third-order valence-corrected chi connectivity index (χ3v) is 12.2. The average Bonchev–Trinajstić information content (AvgIpc) is 3.71. The molecule has 0 aliphatic carbocycles. The molecule has 0 radical (unpaired) electrons. The number of fused-ring (bicyclic) bond motifs is 2. The van der Waals surface area contributed by atoms with Crippen LogP contribution in [0.25, 0.3) is 0 Å². The van der Waals surface area contributed by atoms with E-state index in [1.54, 1.807) is 35.1 Å². The van der Waals surface area contributed by atoms with Crippen molar-refractivity contribution in [2.24, 2.45) is 17.8 Å². The second-order valence-corrected chi connectivity index (χ2v) is 15.4. The van der Waals surface area contributed by atoms with Crippen LogP contribution in [-0.2, 0) is 28.7 Å². The maximum absolute atomic E-state index is 15.3. The standard InChI is InChI=1S/C39H45BrClN3O7/c1-6-22(2)28(21-45)44-35-37(48)43(32-23(3)14-13-17-27(32)41)19-12-8-11-18-29(46)42(5)24(4)33(25-15-9-7-10-16-25)50-38(49)30-31(36(44)47)39(35)20-26(40)34(30)51-39/h7-10,12-17,20,22,24,28,30-31,33-35,45H,6,11,18-19,21H2,1-5H3/b12-8-/t22-,24+,28-,30-,31+,33-,34-,35-,39+/m0/s1. The van der Waals surface area contributed by atoms with Crippen LogP contribution >= 0.6 is 27.5 Å². The Morgan fingerprint density at radius 1 is 1.04 bits per heavy atom. The van der Waals surface area contributed by atoms with Crippen LogP contribution in [0.2, 0.25) is 5.02 Å². The lowest BCUT2D eigenvalue weighted by Gasteiger charge is -2.40. The highest BCUT2D eigenvalue weighted by atomic mass is 79.9. The third-order valence-electron chi connectivity index (χ3n) is 11.2. The number of aliphatic hydroxyl groups is 1. The number of halogens is 2. The van der Waals surface area contributed by atoms with E-state index in [-0.39, 0.29) is 24.8 Å². The smallest absolute Gasteiger partial charge is 0.313 e. The summed E-state index contributed by atoms with van der Waals surface area (Å²) in [4.78, 5) is 62.9. The fraction of sp³-hybridized carbons (Fsp3) is 0.487. The molecule has 4 heterocycles. The van der Waals surface area contributed by atoms with Gasteiger partial charge in [-0.3, -0.25) is 19.2 Å². The summed E-state index contributed by atoms with van der Waals surface area (Å²) in [5.74, 6) is -4.15. The molecule has 0 aromatic heterocycles. The van der Waals surface area contributed by atoms with Crippen molar-refractivity contribution in [3.8, 4) is 0 Å². The molecule has 5 bridgehead atoms. The predicted octanol–water partition coefficient (Wildman–Crippen LogP) is 5.74. The highest BCUT2D eigenvalue weighted by Crippen LogP contribution is 2.60. The topological polar surface area (TPSA) is 117 Å². The molecule has 12 heteroatoms. The number of allylic oxidation sites excluding steroid dienone is 1. The van der Waals surface area contributed by atoms with Gasteiger partial charge >= 0.3 is 5.97 Å². The van der Waals surface area contributed by atoms with Gasteiger partial charge in [-0.2, -0.15) is 0 Å². The number of likely N-dealkylation sites (N-methyl/N-ethyl adjacent to an activating group) is 1. The minimum absolute atomic E-state index is 0.0894. The summed E-state index contributed by atoms with van der Waals surface area (Å²) < 4.78 is 13.6. The van der Waals surface area contributed by atoms with Crippen molar-refractivity contribution in [2.45, 2.75) is 82.9 Å². The number of carbonyl (C=O) groups excluding carboxylic acids is 4. The number of nitrogens with zero attached hydrogens (tertiary/aromatic N) is 3. The fourth-order valence-electron chi connectivity index (χ4n) is 8.18. The molecule has 9 atom stereocenters. The Labute approximate surface area is 312 Å². The van der Waals surface area contributed by atoms with Gasteiger partial charge in [0.05, 0.1) is 35.3 Å². The summed E-state index contributed by atoms with van der Waals surface area (Å²) in [6.45, 7) is 7.28. The molecule has 1 spiro atoms. The molecule has 1 N–H and O–H groups in total. The van der Waals surface area contributed by atoms with Gasteiger partial charge in [-0.15, -0.1) is 0 Å². The highest BCUT2D eigenvalue weighted by Gasteiger charge is 2.76. The number of benzene rings is 2. The predicted molar refractivity (Wildman–Crippen MR) is 197 cm³/mol. The number of cyclic esters (lactones) is 1. The van der Waals surface area contributed by atoms with E-state index in [1.165, 1.54) is 4.90 Å². The van der Waals surface area contributed by atoms with Crippen molar-refractivity contribution < 1.29 is 33.8 Å². The molecule has 0 unspecified atom stereocenters. The molecule has 272 valence electrons. The van der Waals surface area contributed by atoms with Crippen LogP contribution in [0.15, 0.2) is 71.2 Å². The first-order chi connectivity index (χ1) is 24.4. The van der Waals surface area contributed by atoms with Crippen molar-refractivity contribution in [3.05, 3.63) is 87.4 Å². The molecule has 0 saturated carbocycles. The number of anilines is 1. The molecule has 3 amide bonds. The zero-order valence-corrected chi connectivity index (χ0v) is 31.8. The van der Waals surface area contributed by atoms with E-state index >= 15 is 4.79 Å². The Balaban J connectivity index is 1.54. The van der Waals surface area contributed by atoms with Gasteiger partial charge in [0.25, 0.3) is 5.91 Å². The average molecular weight is 783 g/mol. The van der Waals surface area contributed by atoms with Gasteiger partial charge < -0.3 is 29.3 Å². The lowest BCUT2D eigenvalue weighted by molar-refractivity contribution is -0.164. The fourth-order valence-corrected chi connectivity index (χ4v) is 9.24. The van der Waals surface area contributed by atoms with Crippen molar-refractivity contribution in [2.75, 3.05) is 25.1 Å². The van der Waals surface area contributed by atoms with E-state index in [0.717, 1.165) is 5.56 Å². The molecule has 2 saturated heterocycles. The van der Waals surface area contributed by atoms with Gasteiger partial charge in [0.15, 0.2) is 0 Å². The lowest BCUT2D eigenvalue weighted by Crippen LogP contribution is -2.59. The van der Waals surface area contributed by atoms with Crippen LogP contribution in [0.3, 0.4) is 0 Å². The Bertz CT molecular complexity index is 1730. The van der Waals surface area contributed by atoms with Crippen molar-refractivity contribution >= 4 is 56.9 Å². The number of hydrogen-bond donors (Lipinski definition) is 1. The zero-order chi connectivity index (χ0) is 36.8. The van der Waals surface area contributed by atoms with E-state index in [9.17, 15) is 19.5 Å². The number of para-hydroxylation sites is 1. The second-order valence-electron chi connectivity index (χ2n) is 14.1. The van der Waals surface area contributed by atoms with Crippen LogP contribution in [-0.4, -0.2) is 88.6 Å². The summed E-state index contributed by atoms with van der Waals surface area (Å²) in [6, 6.07) is 12.0. The van der Waals surface area contributed by atoms with Crippen LogP contribution in [0, 0.1) is 24.7 Å². The molecule has 10 nitrogen and oxygen atoms in total. The van der Waals surface area contributed by atoms with Crippen LogP contribution < -0.4 is 4.90 Å². The number of amides is 3. The zero-order valence-electron chi connectivity index (χ0n) is 29.5. The number of carbonyl (C=O) groups is 4. The van der Waals surface area contributed by atoms with Gasteiger partial charge in [-0.05, 0) is 49.5 Å². The first-order valence-corrected chi connectivity index (χ1v) is 18.8. The lowest BCUT2D eigenvalue weighted by atomic mass is 9.74. The van der Waals surface area contributed by atoms with E-state index < -0.39 is 72.2 Å². The molecule has 2 aromatic carbocycles. The number of hydrogen-bond acceptors (Lipinski definition) is 7. The molecule has 2 aromatic rings. The Hall–Kier alpha value is -3.51. The van der Waals surface area contributed by atoms with E-state index in [2.05, 4.69) is 15.9 Å². The molecule has 51 heavy (non-hydrogen) atoms. The molecule has 6 rings (SSSR count). The summed E-state index contributed by atoms with van der Waals surface area (Å²) >= 11 is 10.4. The summed E-state index contributed by atoms with van der Waals surface area (Å²) in [5.41, 5.74) is 0.367. The Kier molecular flexibility index (Phi) is 10.8. The Morgan fingerprint density at radius 3 is 2.43 bits per heavy atom. The summed E-state index contributed by atoms with van der Waals surface area (Å²) in [7, 11) is 1.69. The number of likely N-dealkylation sites (tertiary alicyclic amines) is 1. The highest BCUT2D eigenvalue weighted by molar-refractivity contribution is 9.11. The maximum Gasteiger partial charge on any atom is 0.313 e. The van der Waals surface area contributed by atoms with Crippen molar-refractivity contribution in [1.29, 1.82) is 0 Å². The number of rotatable bonds is 6. The number of ether oxygens (including phenoxy) is 2. The van der Waals surface area contributed by atoms with Gasteiger partial charge in [-0.1, -0.05) is 102 Å². The largest absolute Gasteiger partial charge is 0.455 e. The van der Waals surface area contributed by atoms with Gasteiger partial charge in [0.2, 0.25) is 11.8 Å².